The fourth-order valence-electron chi connectivity index (χ4n) is 2.62. The molecule has 0 atom stereocenters. The van der Waals surface area contributed by atoms with E-state index < -0.39 is 27.2 Å². The summed E-state index contributed by atoms with van der Waals surface area (Å²) in [5.41, 5.74) is 2.61. The minimum Gasteiger partial charge on any atom is -0.388 e. The van der Waals surface area contributed by atoms with Gasteiger partial charge in [0.15, 0.2) is 15.6 Å². The van der Waals surface area contributed by atoms with Crippen molar-refractivity contribution in [1.82, 2.24) is 5.16 Å². The molecule has 0 bridgehead atoms. The number of benzene rings is 2. The van der Waals surface area contributed by atoms with Gasteiger partial charge in [-0.25, -0.2) is 12.8 Å². The van der Waals surface area contributed by atoms with Crippen molar-refractivity contribution < 1.29 is 22.4 Å². The maximum absolute atomic E-state index is 14.3. The van der Waals surface area contributed by atoms with Gasteiger partial charge in [-0.05, 0) is 36.2 Å². The summed E-state index contributed by atoms with van der Waals surface area (Å²) in [6, 6.07) is 9.00. The lowest BCUT2D eigenvalue weighted by Crippen LogP contribution is -2.01. The number of hydrogen-bond donors (Lipinski definition) is 1. The summed E-state index contributed by atoms with van der Waals surface area (Å²) >= 11 is 6.16. The second-order valence-electron chi connectivity index (χ2n) is 5.87. The van der Waals surface area contributed by atoms with Gasteiger partial charge in [0.05, 0.1) is 5.56 Å². The van der Waals surface area contributed by atoms with Gasteiger partial charge < -0.3 is 9.63 Å². The third-order valence-corrected chi connectivity index (χ3v) is 5.51. The SMILES string of the molecule is Cc1ccc(-c2noc(CO)c2-c2ccc(S(C)(=O)=O)c(F)c2)cc1Cl. The van der Waals surface area contributed by atoms with Gasteiger partial charge >= 0.3 is 0 Å². The molecule has 0 spiro atoms. The Balaban J connectivity index is 2.20. The molecule has 0 aliphatic carbocycles. The molecule has 1 aromatic heterocycles. The van der Waals surface area contributed by atoms with E-state index in [9.17, 15) is 17.9 Å². The van der Waals surface area contributed by atoms with Crippen LogP contribution in [0.2, 0.25) is 5.02 Å². The maximum Gasteiger partial charge on any atom is 0.178 e. The summed E-state index contributed by atoms with van der Waals surface area (Å²) in [4.78, 5) is -0.400. The Labute approximate surface area is 154 Å². The Kier molecular flexibility index (Phi) is 4.88. The molecule has 0 aliphatic rings. The Morgan fingerprint density at radius 1 is 1.19 bits per heavy atom. The molecule has 8 heteroatoms. The van der Waals surface area contributed by atoms with Crippen molar-refractivity contribution in [3.05, 3.63) is 58.6 Å². The summed E-state index contributed by atoms with van der Waals surface area (Å²) in [5.74, 6) is -0.744. The van der Waals surface area contributed by atoms with Crippen LogP contribution in [0.25, 0.3) is 22.4 Å². The maximum atomic E-state index is 14.3. The monoisotopic (exact) mass is 395 g/mol. The van der Waals surface area contributed by atoms with Crippen LogP contribution < -0.4 is 0 Å². The van der Waals surface area contributed by atoms with Gasteiger partial charge in [-0.1, -0.05) is 35.0 Å². The number of aliphatic hydroxyl groups excluding tert-OH is 1. The van der Waals surface area contributed by atoms with Gasteiger partial charge in [-0.15, -0.1) is 0 Å². The zero-order chi connectivity index (χ0) is 19.1. The van der Waals surface area contributed by atoms with Crippen molar-refractivity contribution in [3.8, 4) is 22.4 Å². The molecule has 0 saturated carbocycles. The first-order valence-corrected chi connectivity index (χ1v) is 9.85. The van der Waals surface area contributed by atoms with E-state index in [1.165, 1.54) is 12.1 Å². The Hall–Kier alpha value is -2.22. The first kappa shape index (κ1) is 18.6. The van der Waals surface area contributed by atoms with Gasteiger partial charge in [0, 0.05) is 16.8 Å². The fraction of sp³-hybridized carbons (Fsp3) is 0.167. The second-order valence-corrected chi connectivity index (χ2v) is 8.26. The molecule has 0 fully saturated rings. The van der Waals surface area contributed by atoms with Crippen LogP contribution >= 0.6 is 11.6 Å². The van der Waals surface area contributed by atoms with Gasteiger partial charge in [-0.3, -0.25) is 0 Å². The summed E-state index contributed by atoms with van der Waals surface area (Å²) in [5, 5.41) is 14.0. The number of hydrogen-bond acceptors (Lipinski definition) is 5. The molecule has 136 valence electrons. The van der Waals surface area contributed by atoms with Crippen LogP contribution in [-0.4, -0.2) is 24.9 Å². The lowest BCUT2D eigenvalue weighted by Gasteiger charge is -2.07. The highest BCUT2D eigenvalue weighted by atomic mass is 35.5. The minimum absolute atomic E-state index is 0.142. The number of sulfone groups is 1. The fourth-order valence-corrected chi connectivity index (χ4v) is 3.53. The van der Waals surface area contributed by atoms with Crippen molar-refractivity contribution in [1.29, 1.82) is 0 Å². The van der Waals surface area contributed by atoms with E-state index in [-0.39, 0.29) is 5.76 Å². The molecule has 1 N–H and O–H groups in total. The van der Waals surface area contributed by atoms with E-state index >= 15 is 0 Å². The topological polar surface area (TPSA) is 80.4 Å². The van der Waals surface area contributed by atoms with Crippen LogP contribution in [0.5, 0.6) is 0 Å². The Bertz CT molecular complexity index is 1090. The number of halogens is 2. The van der Waals surface area contributed by atoms with Crippen molar-refractivity contribution >= 4 is 21.4 Å². The first-order chi connectivity index (χ1) is 12.2. The van der Waals surface area contributed by atoms with Crippen LogP contribution in [-0.2, 0) is 16.4 Å². The molecule has 1 heterocycles. The quantitative estimate of drug-likeness (QED) is 0.722. The highest BCUT2D eigenvalue weighted by molar-refractivity contribution is 7.90. The normalized spacial score (nSPS) is 11.7. The van der Waals surface area contributed by atoms with Crippen molar-refractivity contribution in [2.75, 3.05) is 6.26 Å². The molecular weight excluding hydrogens is 381 g/mol. The molecule has 3 aromatic rings. The lowest BCUT2D eigenvalue weighted by atomic mass is 9.98. The van der Waals surface area contributed by atoms with Crippen LogP contribution in [0.3, 0.4) is 0 Å². The van der Waals surface area contributed by atoms with E-state index in [1.54, 1.807) is 12.1 Å². The van der Waals surface area contributed by atoms with Crippen molar-refractivity contribution in [2.24, 2.45) is 0 Å². The number of rotatable bonds is 4. The van der Waals surface area contributed by atoms with Gasteiger partial charge in [0.2, 0.25) is 0 Å². The average Bonchev–Trinajstić information content (AvgIpc) is 3.00. The summed E-state index contributed by atoms with van der Waals surface area (Å²) in [6.45, 7) is 1.41. The number of nitrogens with zero attached hydrogens (tertiary/aromatic N) is 1. The molecule has 2 aromatic carbocycles. The lowest BCUT2D eigenvalue weighted by molar-refractivity contribution is 0.230. The Morgan fingerprint density at radius 2 is 1.88 bits per heavy atom. The first-order valence-electron chi connectivity index (χ1n) is 7.58. The van der Waals surface area contributed by atoms with E-state index in [4.69, 9.17) is 16.1 Å². The van der Waals surface area contributed by atoms with E-state index in [0.29, 0.717) is 27.4 Å². The third-order valence-electron chi connectivity index (χ3n) is 3.97. The van der Waals surface area contributed by atoms with Crippen LogP contribution in [0.1, 0.15) is 11.3 Å². The molecule has 5 nitrogen and oxygen atoms in total. The highest BCUT2D eigenvalue weighted by Gasteiger charge is 2.22. The molecule has 0 aliphatic heterocycles. The number of aromatic nitrogens is 1. The smallest absolute Gasteiger partial charge is 0.178 e. The number of aliphatic hydroxyl groups is 1. The molecule has 0 saturated heterocycles. The molecule has 26 heavy (non-hydrogen) atoms. The van der Waals surface area contributed by atoms with Crippen molar-refractivity contribution in [2.45, 2.75) is 18.4 Å². The van der Waals surface area contributed by atoms with Crippen LogP contribution in [0.15, 0.2) is 45.8 Å². The second kappa shape index (κ2) is 6.83. The third kappa shape index (κ3) is 3.38. The van der Waals surface area contributed by atoms with E-state index in [2.05, 4.69) is 5.16 Å². The van der Waals surface area contributed by atoms with Gasteiger partial charge in [-0.2, -0.15) is 0 Å². The standard InChI is InChI=1S/C18H15ClFNO4S/c1-10-3-4-12(7-13(10)19)18-17(15(9-22)25-21-18)11-5-6-16(14(20)8-11)26(2,23)24/h3-8,22H,9H2,1-2H3. The van der Waals surface area contributed by atoms with E-state index in [0.717, 1.165) is 17.9 Å². The van der Waals surface area contributed by atoms with Gasteiger partial charge in [0.1, 0.15) is 23.0 Å². The predicted octanol–water partition coefficient (Wildman–Crippen LogP) is 4.01. The summed E-state index contributed by atoms with van der Waals surface area (Å²) < 4.78 is 42.7. The van der Waals surface area contributed by atoms with E-state index in [1.807, 2.05) is 13.0 Å². The minimum atomic E-state index is -3.69. The van der Waals surface area contributed by atoms with Crippen LogP contribution in [0, 0.1) is 12.7 Å². The molecule has 0 radical (unpaired) electrons. The zero-order valence-electron chi connectivity index (χ0n) is 14.0. The molecular formula is C18H15ClFNO4S. The zero-order valence-corrected chi connectivity index (χ0v) is 15.5. The van der Waals surface area contributed by atoms with Gasteiger partial charge in [0.25, 0.3) is 0 Å². The molecule has 0 unspecified atom stereocenters. The number of aryl methyl sites for hydroxylation is 1. The van der Waals surface area contributed by atoms with Crippen molar-refractivity contribution in [3.63, 3.8) is 0 Å². The predicted molar refractivity (Wildman–Crippen MR) is 96.1 cm³/mol. The highest BCUT2D eigenvalue weighted by Crippen LogP contribution is 2.37. The molecule has 3 rings (SSSR count). The molecule has 0 amide bonds. The summed E-state index contributed by atoms with van der Waals surface area (Å²) in [7, 11) is -3.69. The average molecular weight is 396 g/mol. The summed E-state index contributed by atoms with van der Waals surface area (Å²) in [6.07, 6.45) is 0.934. The largest absolute Gasteiger partial charge is 0.388 e. The Morgan fingerprint density at radius 3 is 2.46 bits per heavy atom. The van der Waals surface area contributed by atoms with Crippen LogP contribution in [0.4, 0.5) is 4.39 Å².